The molecule has 0 radical (unpaired) electrons. The van der Waals surface area contributed by atoms with E-state index in [9.17, 15) is 19.5 Å². The van der Waals surface area contributed by atoms with Gasteiger partial charge in [0.15, 0.2) is 0 Å². The number of carbonyl (C=O) groups is 3. The van der Waals surface area contributed by atoms with E-state index < -0.39 is 41.6 Å². The second-order valence-corrected chi connectivity index (χ2v) is 11.5. The van der Waals surface area contributed by atoms with E-state index in [1.54, 1.807) is 45.9 Å². The van der Waals surface area contributed by atoms with Crippen molar-refractivity contribution in [2.24, 2.45) is 5.92 Å². The smallest absolute Gasteiger partial charge is 0.408 e. The van der Waals surface area contributed by atoms with Gasteiger partial charge in [-0.1, -0.05) is 56.7 Å². The quantitative estimate of drug-likeness (QED) is 0.353. The highest BCUT2D eigenvalue weighted by Gasteiger charge is 2.40. The lowest BCUT2D eigenvalue weighted by molar-refractivity contribution is -0.144. The van der Waals surface area contributed by atoms with Crippen molar-refractivity contribution in [3.63, 3.8) is 0 Å². The number of aromatic hydroxyl groups is 1. The highest BCUT2D eigenvalue weighted by atomic mass is 16.6. The van der Waals surface area contributed by atoms with E-state index in [2.05, 4.69) is 10.6 Å². The number of hydrogen-bond donors (Lipinski definition) is 3. The van der Waals surface area contributed by atoms with Gasteiger partial charge in [-0.3, -0.25) is 9.59 Å². The van der Waals surface area contributed by atoms with Gasteiger partial charge in [-0.25, -0.2) is 4.79 Å². The van der Waals surface area contributed by atoms with Crippen molar-refractivity contribution < 1.29 is 24.2 Å². The predicted octanol–water partition coefficient (Wildman–Crippen LogP) is 6.17. The molecule has 0 aromatic heterocycles. The lowest BCUT2D eigenvalue weighted by Gasteiger charge is -2.38. The third-order valence-corrected chi connectivity index (χ3v) is 6.78. The number of phenols is 1. The van der Waals surface area contributed by atoms with Crippen LogP contribution in [-0.4, -0.2) is 45.6 Å². The topological polar surface area (TPSA) is 108 Å². The van der Waals surface area contributed by atoms with E-state index in [1.165, 1.54) is 4.90 Å². The molecule has 3 N–H and O–H groups in total. The molecular formula is C31H45N3O5. The maximum atomic E-state index is 14.3. The first kappa shape index (κ1) is 31.7. The van der Waals surface area contributed by atoms with Crippen LogP contribution in [0.1, 0.15) is 83.2 Å². The molecule has 8 nitrogen and oxygen atoms in total. The van der Waals surface area contributed by atoms with Gasteiger partial charge in [0, 0.05) is 17.3 Å². The minimum absolute atomic E-state index is 0.0576. The van der Waals surface area contributed by atoms with Crippen molar-refractivity contribution in [2.75, 3.05) is 5.32 Å². The summed E-state index contributed by atoms with van der Waals surface area (Å²) in [5.41, 5.74) is 2.55. The Kier molecular flexibility index (Phi) is 10.6. The first-order chi connectivity index (χ1) is 18.1. The van der Waals surface area contributed by atoms with Crippen molar-refractivity contribution in [1.29, 1.82) is 0 Å². The van der Waals surface area contributed by atoms with Crippen molar-refractivity contribution in [2.45, 2.75) is 99.4 Å². The number of rotatable bonds is 9. The van der Waals surface area contributed by atoms with Crippen molar-refractivity contribution in [3.05, 3.63) is 58.7 Å². The van der Waals surface area contributed by atoms with Gasteiger partial charge in [0.05, 0.1) is 0 Å². The summed E-state index contributed by atoms with van der Waals surface area (Å²) in [6, 6.07) is 8.29. The van der Waals surface area contributed by atoms with Crippen LogP contribution in [0.15, 0.2) is 36.4 Å². The van der Waals surface area contributed by atoms with Gasteiger partial charge in [0.1, 0.15) is 23.4 Å². The van der Waals surface area contributed by atoms with Crippen LogP contribution in [0.4, 0.5) is 10.5 Å². The summed E-state index contributed by atoms with van der Waals surface area (Å²) in [5.74, 6) is -1.21. The molecule has 0 fully saturated rings. The number of aryl methyl sites for hydroxylation is 3. The van der Waals surface area contributed by atoms with E-state index in [-0.39, 0.29) is 11.7 Å². The molecule has 0 aliphatic heterocycles. The average Bonchev–Trinajstić information content (AvgIpc) is 2.83. The molecule has 3 atom stereocenters. The van der Waals surface area contributed by atoms with Gasteiger partial charge in [0.2, 0.25) is 5.91 Å². The molecule has 0 saturated carbocycles. The zero-order valence-corrected chi connectivity index (χ0v) is 25.0. The fourth-order valence-corrected chi connectivity index (χ4v) is 4.48. The van der Waals surface area contributed by atoms with Crippen molar-refractivity contribution >= 4 is 23.6 Å². The molecule has 0 bridgehead atoms. The molecule has 0 aliphatic carbocycles. The van der Waals surface area contributed by atoms with Gasteiger partial charge in [-0.2, -0.15) is 0 Å². The molecule has 0 heterocycles. The van der Waals surface area contributed by atoms with Crippen LogP contribution in [0.25, 0.3) is 0 Å². The molecule has 3 unspecified atom stereocenters. The largest absolute Gasteiger partial charge is 0.507 e. The fraction of sp³-hybridized carbons (Fsp3) is 0.516. The molecule has 214 valence electrons. The molecule has 2 rings (SSSR count). The predicted molar refractivity (Wildman–Crippen MR) is 155 cm³/mol. The molecule has 0 saturated heterocycles. The second kappa shape index (κ2) is 13.0. The summed E-state index contributed by atoms with van der Waals surface area (Å²) in [7, 11) is 0. The molecule has 0 spiro atoms. The van der Waals surface area contributed by atoms with Crippen molar-refractivity contribution in [3.8, 4) is 5.75 Å². The molecular weight excluding hydrogens is 494 g/mol. The summed E-state index contributed by atoms with van der Waals surface area (Å²) in [5, 5.41) is 16.8. The third kappa shape index (κ3) is 7.97. The van der Waals surface area contributed by atoms with E-state index in [0.717, 1.165) is 11.1 Å². The van der Waals surface area contributed by atoms with E-state index in [4.69, 9.17) is 4.74 Å². The number of ether oxygens (including phenoxy) is 1. The van der Waals surface area contributed by atoms with Crippen LogP contribution in [0.3, 0.4) is 0 Å². The Hall–Kier alpha value is -3.55. The lowest BCUT2D eigenvalue weighted by atomic mass is 9.94. The zero-order chi connectivity index (χ0) is 29.7. The number of phenolic OH excluding ortho intramolecular Hbond substituents is 1. The highest BCUT2D eigenvalue weighted by Crippen LogP contribution is 2.35. The number of hydrogen-bond acceptors (Lipinski definition) is 5. The molecule has 39 heavy (non-hydrogen) atoms. The normalized spacial score (nSPS) is 13.8. The van der Waals surface area contributed by atoms with Gasteiger partial charge >= 0.3 is 6.09 Å². The Labute approximate surface area is 233 Å². The number of nitrogens with one attached hydrogen (secondary N) is 2. The number of benzene rings is 2. The van der Waals surface area contributed by atoms with Gasteiger partial charge in [0.25, 0.3) is 5.91 Å². The Morgan fingerprint density at radius 3 is 2.00 bits per heavy atom. The summed E-state index contributed by atoms with van der Waals surface area (Å²) in [6.07, 6.45) is -0.104. The first-order valence-electron chi connectivity index (χ1n) is 13.6. The summed E-state index contributed by atoms with van der Waals surface area (Å²) >= 11 is 0. The minimum Gasteiger partial charge on any atom is -0.507 e. The summed E-state index contributed by atoms with van der Waals surface area (Å²) in [6.45, 7) is 18.2. The molecule has 8 heteroatoms. The first-order valence-corrected chi connectivity index (χ1v) is 13.6. The standard InChI is InChI=1S/C31H45N3O5/c1-11-19(4)25(33-30(38)39-31(8,9)10)29(37)34(18(2)3)26(23-17-13-16-22(7)27(23)35)28(36)32-24-20(5)14-12-15-21(24)6/h12-19,25-26,35H,11H2,1-10H3,(H,32,36)(H,33,38). The molecule has 3 amide bonds. The van der Waals surface area contributed by atoms with Crippen LogP contribution in [0, 0.1) is 26.7 Å². The number of alkyl carbamates (subject to hydrolysis) is 1. The van der Waals surface area contributed by atoms with Crippen LogP contribution in [0.2, 0.25) is 0 Å². The molecule has 0 aliphatic rings. The summed E-state index contributed by atoms with van der Waals surface area (Å²) in [4.78, 5) is 42.6. The number of para-hydroxylation sites is 2. The van der Waals surface area contributed by atoms with Crippen molar-refractivity contribution in [1.82, 2.24) is 10.2 Å². The summed E-state index contributed by atoms with van der Waals surface area (Å²) < 4.78 is 5.45. The fourth-order valence-electron chi connectivity index (χ4n) is 4.48. The van der Waals surface area contributed by atoms with Crippen LogP contribution < -0.4 is 10.6 Å². The van der Waals surface area contributed by atoms with Crippen LogP contribution in [-0.2, 0) is 14.3 Å². The van der Waals surface area contributed by atoms with Gasteiger partial charge in [-0.15, -0.1) is 0 Å². The maximum Gasteiger partial charge on any atom is 0.408 e. The Bertz CT molecular complexity index is 1160. The number of nitrogens with zero attached hydrogens (tertiary/aromatic N) is 1. The van der Waals surface area contributed by atoms with Crippen LogP contribution in [0.5, 0.6) is 5.75 Å². The SMILES string of the molecule is CCC(C)C(NC(=O)OC(C)(C)C)C(=O)N(C(C)C)C(C(=O)Nc1c(C)cccc1C)c1cccc(C)c1O. The highest BCUT2D eigenvalue weighted by molar-refractivity contribution is 6.00. The van der Waals surface area contributed by atoms with Crippen LogP contribution >= 0.6 is 0 Å². The molecule has 2 aromatic rings. The lowest BCUT2D eigenvalue weighted by Crippen LogP contribution is -2.56. The average molecular weight is 540 g/mol. The van der Waals surface area contributed by atoms with E-state index in [0.29, 0.717) is 23.2 Å². The van der Waals surface area contributed by atoms with E-state index in [1.807, 2.05) is 59.7 Å². The minimum atomic E-state index is -1.16. The van der Waals surface area contributed by atoms with Gasteiger partial charge < -0.3 is 25.4 Å². The number of anilines is 1. The third-order valence-electron chi connectivity index (χ3n) is 6.78. The van der Waals surface area contributed by atoms with Gasteiger partial charge in [-0.05, 0) is 78.0 Å². The Morgan fingerprint density at radius 1 is 0.949 bits per heavy atom. The molecule has 2 aromatic carbocycles. The van der Waals surface area contributed by atoms with E-state index >= 15 is 0 Å². The Balaban J connectivity index is 2.65. The monoisotopic (exact) mass is 539 g/mol. The second-order valence-electron chi connectivity index (χ2n) is 11.5. The number of amides is 3. The number of carbonyl (C=O) groups excluding carboxylic acids is 3. The zero-order valence-electron chi connectivity index (χ0n) is 25.0. The maximum absolute atomic E-state index is 14.3. The Morgan fingerprint density at radius 2 is 1.49 bits per heavy atom.